The number of carbonyl (C=O) groups excluding carboxylic acids is 2. The van der Waals surface area contributed by atoms with Crippen LogP contribution in [0.25, 0.3) is 16.5 Å². The summed E-state index contributed by atoms with van der Waals surface area (Å²) in [6, 6.07) is 16.1. The highest BCUT2D eigenvalue weighted by molar-refractivity contribution is 5.93. The molecule has 0 bridgehead atoms. The fraction of sp³-hybridized carbons (Fsp3) is 0.167. The number of aryl methyl sites for hydroxylation is 1. The fourth-order valence-electron chi connectivity index (χ4n) is 4.10. The molecule has 4 aromatic rings. The standard InChI is InChI=1S/C30H27N5O3/c1-4-26(36)32-16-9-8-11-22-12-10-13-23-19-25(20(2)34-29(37)28-21(3)31-17-18-33-28)35(30(38)27(22)23)24-14-6-5-7-15-24/h4-7,10,12-15,17-20H,1,9,16H2,2-3H3,(H,32,36)(H,34,37)/t20-/m0/s1. The van der Waals surface area contributed by atoms with E-state index in [1.807, 2.05) is 55.5 Å². The van der Waals surface area contributed by atoms with Crippen LogP contribution in [0.3, 0.4) is 0 Å². The average Bonchev–Trinajstić information content (AvgIpc) is 2.93. The van der Waals surface area contributed by atoms with Crippen molar-refractivity contribution >= 4 is 22.6 Å². The summed E-state index contributed by atoms with van der Waals surface area (Å²) in [5.41, 5.74) is 2.37. The Balaban J connectivity index is 1.77. The van der Waals surface area contributed by atoms with Crippen molar-refractivity contribution in [1.82, 2.24) is 25.2 Å². The van der Waals surface area contributed by atoms with Crippen molar-refractivity contribution in [2.75, 3.05) is 6.54 Å². The van der Waals surface area contributed by atoms with E-state index in [9.17, 15) is 14.4 Å². The summed E-state index contributed by atoms with van der Waals surface area (Å²) in [6.45, 7) is 7.35. The van der Waals surface area contributed by atoms with Crippen LogP contribution in [0.1, 0.15) is 46.8 Å². The third-order valence-corrected chi connectivity index (χ3v) is 5.93. The van der Waals surface area contributed by atoms with Crippen molar-refractivity contribution < 1.29 is 9.59 Å². The van der Waals surface area contributed by atoms with E-state index >= 15 is 0 Å². The van der Waals surface area contributed by atoms with Crippen LogP contribution >= 0.6 is 0 Å². The van der Waals surface area contributed by atoms with E-state index in [1.54, 1.807) is 17.6 Å². The molecule has 0 saturated carbocycles. The summed E-state index contributed by atoms with van der Waals surface area (Å²) < 4.78 is 1.60. The quantitative estimate of drug-likeness (QED) is 0.227. The van der Waals surface area contributed by atoms with E-state index < -0.39 is 6.04 Å². The molecular formula is C30H27N5O3. The number of nitrogens with one attached hydrogen (secondary N) is 2. The van der Waals surface area contributed by atoms with Gasteiger partial charge in [-0.3, -0.25) is 23.9 Å². The summed E-state index contributed by atoms with van der Waals surface area (Å²) in [7, 11) is 0. The topological polar surface area (TPSA) is 106 Å². The SMILES string of the molecule is C=CC(=O)NCCC#Cc1cccc2cc([C@H](C)NC(=O)c3nccnc3C)n(-c3ccccc3)c(=O)c12. The number of amides is 2. The van der Waals surface area contributed by atoms with Gasteiger partial charge in [0.1, 0.15) is 5.69 Å². The lowest BCUT2D eigenvalue weighted by Crippen LogP contribution is -2.33. The molecule has 0 aliphatic heterocycles. The lowest BCUT2D eigenvalue weighted by Gasteiger charge is -2.21. The minimum atomic E-state index is -0.524. The molecule has 0 saturated heterocycles. The van der Waals surface area contributed by atoms with E-state index in [0.29, 0.717) is 46.4 Å². The molecule has 0 radical (unpaired) electrons. The van der Waals surface area contributed by atoms with Crippen molar-refractivity contribution in [3.05, 3.63) is 113 Å². The van der Waals surface area contributed by atoms with Gasteiger partial charge >= 0.3 is 0 Å². The second-order valence-electron chi connectivity index (χ2n) is 8.55. The predicted molar refractivity (Wildman–Crippen MR) is 147 cm³/mol. The third kappa shape index (κ3) is 5.68. The zero-order valence-corrected chi connectivity index (χ0v) is 21.2. The van der Waals surface area contributed by atoms with Crippen LogP contribution in [0.2, 0.25) is 0 Å². The van der Waals surface area contributed by atoms with E-state index in [1.165, 1.54) is 18.5 Å². The number of fused-ring (bicyclic) bond motifs is 1. The van der Waals surface area contributed by atoms with Gasteiger partial charge < -0.3 is 10.6 Å². The van der Waals surface area contributed by atoms with Gasteiger partial charge in [-0.15, -0.1) is 0 Å². The number of rotatable bonds is 7. The van der Waals surface area contributed by atoms with Crippen LogP contribution in [-0.2, 0) is 4.79 Å². The summed E-state index contributed by atoms with van der Waals surface area (Å²) in [5.74, 6) is 5.48. The Hall–Kier alpha value is -5.03. The number of para-hydroxylation sites is 1. The second-order valence-corrected chi connectivity index (χ2v) is 8.55. The maximum absolute atomic E-state index is 14.0. The van der Waals surface area contributed by atoms with Gasteiger partial charge in [-0.1, -0.05) is 48.8 Å². The molecule has 0 aliphatic rings. The average molecular weight is 506 g/mol. The summed E-state index contributed by atoms with van der Waals surface area (Å²) in [4.78, 5) is 46.6. The minimum absolute atomic E-state index is 0.232. The number of aromatic nitrogens is 3. The zero-order valence-electron chi connectivity index (χ0n) is 21.2. The smallest absolute Gasteiger partial charge is 0.272 e. The first-order valence-electron chi connectivity index (χ1n) is 12.1. The highest BCUT2D eigenvalue weighted by Gasteiger charge is 2.21. The molecular weight excluding hydrogens is 478 g/mol. The number of carbonyl (C=O) groups is 2. The van der Waals surface area contributed by atoms with Gasteiger partial charge in [0.15, 0.2) is 0 Å². The van der Waals surface area contributed by atoms with Gasteiger partial charge in [-0.05, 0) is 49.6 Å². The van der Waals surface area contributed by atoms with E-state index in [2.05, 4.69) is 39.0 Å². The Kier molecular flexibility index (Phi) is 8.09. The van der Waals surface area contributed by atoms with Gasteiger partial charge in [0.05, 0.1) is 17.1 Å². The van der Waals surface area contributed by atoms with Crippen molar-refractivity contribution in [2.45, 2.75) is 26.3 Å². The van der Waals surface area contributed by atoms with Gasteiger partial charge in [-0.25, -0.2) is 4.98 Å². The van der Waals surface area contributed by atoms with Crippen molar-refractivity contribution in [3.63, 3.8) is 0 Å². The second kappa shape index (κ2) is 11.8. The molecule has 8 nitrogen and oxygen atoms in total. The van der Waals surface area contributed by atoms with Crippen LogP contribution in [0, 0.1) is 18.8 Å². The Bertz CT molecular complexity index is 1630. The maximum atomic E-state index is 14.0. The van der Waals surface area contributed by atoms with Crippen molar-refractivity contribution in [3.8, 4) is 17.5 Å². The van der Waals surface area contributed by atoms with Gasteiger partial charge in [0, 0.05) is 42.3 Å². The molecule has 2 aromatic heterocycles. The Morgan fingerprint density at radius 2 is 1.87 bits per heavy atom. The first-order chi connectivity index (χ1) is 18.4. The molecule has 38 heavy (non-hydrogen) atoms. The molecule has 0 aliphatic carbocycles. The fourth-order valence-corrected chi connectivity index (χ4v) is 4.10. The molecule has 2 N–H and O–H groups in total. The van der Waals surface area contributed by atoms with Crippen LogP contribution in [0.5, 0.6) is 0 Å². The van der Waals surface area contributed by atoms with Crippen LogP contribution in [-0.4, -0.2) is 32.9 Å². The molecule has 2 aromatic carbocycles. The first kappa shape index (κ1) is 26.0. The molecule has 1 atom stereocenters. The Morgan fingerprint density at radius 1 is 1.11 bits per heavy atom. The summed E-state index contributed by atoms with van der Waals surface area (Å²) >= 11 is 0. The Labute approximate surface area is 220 Å². The van der Waals surface area contributed by atoms with Crippen molar-refractivity contribution in [1.29, 1.82) is 0 Å². The number of benzene rings is 2. The van der Waals surface area contributed by atoms with Gasteiger partial charge in [0.2, 0.25) is 5.91 Å². The number of pyridine rings is 1. The molecule has 0 unspecified atom stereocenters. The molecule has 2 heterocycles. The number of hydrogen-bond acceptors (Lipinski definition) is 5. The van der Waals surface area contributed by atoms with Crippen LogP contribution < -0.4 is 16.2 Å². The molecule has 8 heteroatoms. The first-order valence-corrected chi connectivity index (χ1v) is 12.1. The lowest BCUT2D eigenvalue weighted by molar-refractivity contribution is -0.116. The number of hydrogen-bond donors (Lipinski definition) is 2. The highest BCUT2D eigenvalue weighted by Crippen LogP contribution is 2.23. The van der Waals surface area contributed by atoms with E-state index in [0.717, 1.165) is 0 Å². The molecule has 0 spiro atoms. The van der Waals surface area contributed by atoms with Crippen molar-refractivity contribution in [2.24, 2.45) is 0 Å². The monoisotopic (exact) mass is 505 g/mol. The molecule has 190 valence electrons. The molecule has 4 rings (SSSR count). The van der Waals surface area contributed by atoms with Crippen LogP contribution in [0.15, 0.2) is 84.4 Å². The van der Waals surface area contributed by atoms with Gasteiger partial charge in [0.25, 0.3) is 11.5 Å². The van der Waals surface area contributed by atoms with E-state index in [-0.39, 0.29) is 23.1 Å². The van der Waals surface area contributed by atoms with Gasteiger partial charge in [-0.2, -0.15) is 0 Å². The zero-order chi connectivity index (χ0) is 27.1. The highest BCUT2D eigenvalue weighted by atomic mass is 16.2. The summed E-state index contributed by atoms with van der Waals surface area (Å²) in [5, 5.41) is 6.83. The normalized spacial score (nSPS) is 11.2. The summed E-state index contributed by atoms with van der Waals surface area (Å²) in [6.07, 6.45) is 4.63. The third-order valence-electron chi connectivity index (χ3n) is 5.93. The maximum Gasteiger partial charge on any atom is 0.272 e. The predicted octanol–water partition coefficient (Wildman–Crippen LogP) is 3.62. The lowest BCUT2D eigenvalue weighted by atomic mass is 10.0. The largest absolute Gasteiger partial charge is 0.352 e. The number of nitrogens with zero attached hydrogens (tertiary/aromatic N) is 3. The minimum Gasteiger partial charge on any atom is -0.352 e. The van der Waals surface area contributed by atoms with Crippen LogP contribution in [0.4, 0.5) is 0 Å². The van der Waals surface area contributed by atoms with E-state index in [4.69, 9.17) is 0 Å². The molecule has 2 amide bonds. The Morgan fingerprint density at radius 3 is 2.61 bits per heavy atom. The molecule has 0 fully saturated rings.